The number of carbonyl (C=O) groups excluding carboxylic acids is 1. The molecule has 0 aliphatic carbocycles. The third-order valence-corrected chi connectivity index (χ3v) is 4.60. The minimum absolute atomic E-state index is 0.215. The van der Waals surface area contributed by atoms with Gasteiger partial charge in [-0.3, -0.25) is 0 Å². The molecule has 6 heteroatoms. The van der Waals surface area contributed by atoms with Gasteiger partial charge in [-0.05, 0) is 43.2 Å². The number of anilines is 1. The second-order valence-corrected chi connectivity index (χ2v) is 6.65. The van der Waals surface area contributed by atoms with Crippen molar-refractivity contribution >= 4 is 11.8 Å². The fraction of sp³-hybridized carbons (Fsp3) is 0.667. The normalized spacial score (nSPS) is 16.7. The number of aromatic nitrogens is 1. The van der Waals surface area contributed by atoms with Crippen molar-refractivity contribution in [2.75, 3.05) is 24.5 Å². The lowest BCUT2D eigenvalue weighted by molar-refractivity contribution is 0.160. The number of hydrogen-bond donors (Lipinski definition) is 3. The number of urea groups is 1. The van der Waals surface area contributed by atoms with E-state index in [-0.39, 0.29) is 12.1 Å². The minimum atomic E-state index is -0.347. The maximum absolute atomic E-state index is 11.7. The fourth-order valence-corrected chi connectivity index (χ4v) is 2.75. The summed E-state index contributed by atoms with van der Waals surface area (Å²) in [7, 11) is 0. The zero-order chi connectivity index (χ0) is 17.4. The Balaban J connectivity index is 1.70. The zero-order valence-electron chi connectivity index (χ0n) is 14.8. The van der Waals surface area contributed by atoms with Gasteiger partial charge in [0.15, 0.2) is 0 Å². The maximum atomic E-state index is 11.7. The molecule has 0 aromatic carbocycles. The van der Waals surface area contributed by atoms with E-state index in [9.17, 15) is 9.90 Å². The van der Waals surface area contributed by atoms with Gasteiger partial charge in [-0.25, -0.2) is 9.78 Å². The lowest BCUT2D eigenvalue weighted by atomic mass is 9.99. The minimum Gasteiger partial charge on any atom is -0.393 e. The predicted molar refractivity (Wildman–Crippen MR) is 96.0 cm³/mol. The number of aliphatic hydroxyl groups is 1. The number of piperidine rings is 1. The summed E-state index contributed by atoms with van der Waals surface area (Å²) in [5, 5.41) is 15.0. The summed E-state index contributed by atoms with van der Waals surface area (Å²) in [6.45, 7) is 7.28. The molecule has 1 saturated heterocycles. The third-order valence-electron chi connectivity index (χ3n) is 4.60. The van der Waals surface area contributed by atoms with Crippen molar-refractivity contribution in [3.63, 3.8) is 0 Å². The summed E-state index contributed by atoms with van der Waals surface area (Å²) >= 11 is 0. The number of nitrogens with zero attached hydrogens (tertiary/aromatic N) is 2. The fourth-order valence-electron chi connectivity index (χ4n) is 2.75. The van der Waals surface area contributed by atoms with Gasteiger partial charge in [0.1, 0.15) is 5.82 Å². The van der Waals surface area contributed by atoms with E-state index < -0.39 is 0 Å². The van der Waals surface area contributed by atoms with E-state index in [2.05, 4.69) is 27.4 Å². The Kier molecular flexibility index (Phi) is 7.31. The van der Waals surface area contributed by atoms with Gasteiger partial charge < -0.3 is 20.6 Å². The quantitative estimate of drug-likeness (QED) is 0.715. The summed E-state index contributed by atoms with van der Waals surface area (Å²) in [5.41, 5.74) is 0.980. The van der Waals surface area contributed by atoms with Crippen molar-refractivity contribution < 1.29 is 9.90 Å². The second-order valence-electron chi connectivity index (χ2n) is 6.65. The van der Waals surface area contributed by atoms with E-state index in [0.29, 0.717) is 25.9 Å². The van der Waals surface area contributed by atoms with Crippen molar-refractivity contribution in [2.24, 2.45) is 5.92 Å². The van der Waals surface area contributed by atoms with E-state index >= 15 is 0 Å². The van der Waals surface area contributed by atoms with E-state index in [0.717, 1.165) is 30.4 Å². The molecule has 1 aromatic heterocycles. The SMILES string of the molecule is CCC(O)CCNC(=O)NCc1ccc(N2CCC(C)CC2)nc1. The van der Waals surface area contributed by atoms with Gasteiger partial charge in [-0.1, -0.05) is 19.9 Å². The molecule has 24 heavy (non-hydrogen) atoms. The van der Waals surface area contributed by atoms with Crippen molar-refractivity contribution in [3.05, 3.63) is 23.9 Å². The Hall–Kier alpha value is -1.82. The highest BCUT2D eigenvalue weighted by Gasteiger charge is 2.16. The predicted octanol–water partition coefficient (Wildman–Crippen LogP) is 2.28. The molecule has 6 nitrogen and oxygen atoms in total. The van der Waals surface area contributed by atoms with Gasteiger partial charge in [0, 0.05) is 32.4 Å². The van der Waals surface area contributed by atoms with Crippen molar-refractivity contribution in [2.45, 2.75) is 52.2 Å². The molecule has 1 aliphatic heterocycles. The molecule has 0 saturated carbocycles. The highest BCUT2D eigenvalue weighted by molar-refractivity contribution is 5.73. The first-order chi connectivity index (χ1) is 11.6. The number of nitrogens with one attached hydrogen (secondary N) is 2. The van der Waals surface area contributed by atoms with Crippen LogP contribution in [0.25, 0.3) is 0 Å². The molecule has 2 rings (SSSR count). The van der Waals surface area contributed by atoms with Crippen LogP contribution in [0, 0.1) is 5.92 Å². The number of rotatable bonds is 7. The molecule has 0 bridgehead atoms. The first kappa shape index (κ1) is 18.5. The maximum Gasteiger partial charge on any atom is 0.315 e. The Morgan fingerprint density at radius 3 is 2.75 bits per heavy atom. The standard InChI is InChI=1S/C18H30N4O2/c1-3-16(23)6-9-19-18(24)21-13-15-4-5-17(20-12-15)22-10-7-14(2)8-11-22/h4-5,12,14,16,23H,3,6-11,13H2,1-2H3,(H2,19,21,24). The van der Waals surface area contributed by atoms with Gasteiger partial charge in [0.25, 0.3) is 0 Å². The van der Waals surface area contributed by atoms with Crippen LogP contribution in [-0.2, 0) is 6.54 Å². The first-order valence-electron chi connectivity index (χ1n) is 8.98. The summed E-state index contributed by atoms with van der Waals surface area (Å²) in [4.78, 5) is 18.5. The average molecular weight is 334 g/mol. The smallest absolute Gasteiger partial charge is 0.315 e. The van der Waals surface area contributed by atoms with Gasteiger partial charge in [-0.15, -0.1) is 0 Å². The van der Waals surface area contributed by atoms with E-state index in [1.54, 1.807) is 0 Å². The van der Waals surface area contributed by atoms with E-state index in [1.807, 2.05) is 25.3 Å². The average Bonchev–Trinajstić information content (AvgIpc) is 2.61. The molecule has 3 N–H and O–H groups in total. The number of carbonyl (C=O) groups is 1. The summed E-state index contributed by atoms with van der Waals surface area (Å²) in [6.07, 6.45) is 5.20. The lowest BCUT2D eigenvalue weighted by Gasteiger charge is -2.31. The Labute approximate surface area is 144 Å². The first-order valence-corrected chi connectivity index (χ1v) is 8.98. The van der Waals surface area contributed by atoms with Crippen LogP contribution in [0.1, 0.15) is 45.1 Å². The van der Waals surface area contributed by atoms with Gasteiger partial charge >= 0.3 is 6.03 Å². The molecule has 0 spiro atoms. The summed E-state index contributed by atoms with van der Waals surface area (Å²) < 4.78 is 0. The lowest BCUT2D eigenvalue weighted by Crippen LogP contribution is -2.36. The Morgan fingerprint density at radius 2 is 2.12 bits per heavy atom. The Bertz CT molecular complexity index is 498. The third kappa shape index (κ3) is 6.00. The number of pyridine rings is 1. The molecule has 2 amide bonds. The van der Waals surface area contributed by atoms with Crippen molar-refractivity contribution in [1.29, 1.82) is 0 Å². The molecule has 2 heterocycles. The molecular formula is C18H30N4O2. The van der Waals surface area contributed by atoms with Crippen LogP contribution in [0.5, 0.6) is 0 Å². The number of hydrogen-bond acceptors (Lipinski definition) is 4. The molecule has 1 fully saturated rings. The summed E-state index contributed by atoms with van der Waals surface area (Å²) in [5.74, 6) is 1.82. The van der Waals surface area contributed by atoms with Crippen LogP contribution in [0.4, 0.5) is 10.6 Å². The van der Waals surface area contributed by atoms with Gasteiger partial charge in [0.05, 0.1) is 6.10 Å². The van der Waals surface area contributed by atoms with Crippen molar-refractivity contribution in [3.8, 4) is 0 Å². The van der Waals surface area contributed by atoms with Gasteiger partial charge in [-0.2, -0.15) is 0 Å². The second kappa shape index (κ2) is 9.47. The van der Waals surface area contributed by atoms with Crippen LogP contribution in [0.3, 0.4) is 0 Å². The van der Waals surface area contributed by atoms with Crippen molar-refractivity contribution in [1.82, 2.24) is 15.6 Å². The Morgan fingerprint density at radius 1 is 1.38 bits per heavy atom. The van der Waals surface area contributed by atoms with Crippen LogP contribution < -0.4 is 15.5 Å². The highest BCUT2D eigenvalue weighted by atomic mass is 16.3. The van der Waals surface area contributed by atoms with Crippen LogP contribution in [0.2, 0.25) is 0 Å². The van der Waals surface area contributed by atoms with E-state index in [4.69, 9.17) is 0 Å². The number of aliphatic hydroxyl groups excluding tert-OH is 1. The zero-order valence-corrected chi connectivity index (χ0v) is 14.8. The van der Waals surface area contributed by atoms with Crippen LogP contribution in [0.15, 0.2) is 18.3 Å². The molecule has 1 atom stereocenters. The topological polar surface area (TPSA) is 77.5 Å². The molecule has 1 unspecified atom stereocenters. The molecule has 134 valence electrons. The summed E-state index contributed by atoms with van der Waals surface area (Å²) in [6, 6.07) is 3.83. The number of amides is 2. The molecule has 0 radical (unpaired) electrons. The molecular weight excluding hydrogens is 304 g/mol. The monoisotopic (exact) mass is 334 g/mol. The van der Waals surface area contributed by atoms with Crippen LogP contribution >= 0.6 is 0 Å². The molecule has 1 aliphatic rings. The van der Waals surface area contributed by atoms with E-state index in [1.165, 1.54) is 12.8 Å². The van der Waals surface area contributed by atoms with Gasteiger partial charge in [0.2, 0.25) is 0 Å². The van der Waals surface area contributed by atoms with Crippen LogP contribution in [-0.4, -0.2) is 41.9 Å². The highest BCUT2D eigenvalue weighted by Crippen LogP contribution is 2.21. The largest absolute Gasteiger partial charge is 0.393 e. The molecule has 1 aromatic rings.